The van der Waals surface area contributed by atoms with Crippen molar-refractivity contribution in [3.05, 3.63) is 53.6 Å². The minimum atomic E-state index is -1.28. The lowest BCUT2D eigenvalue weighted by Gasteiger charge is -2.09. The van der Waals surface area contributed by atoms with Gasteiger partial charge >= 0.3 is 0 Å². The fraction of sp³-hybridized carbons (Fsp3) is 0.100. The largest absolute Gasteiger partial charge is 0.380 e. The van der Waals surface area contributed by atoms with Crippen LogP contribution in [0.15, 0.2) is 30.6 Å². The fourth-order valence-electron chi connectivity index (χ4n) is 1.31. The van der Waals surface area contributed by atoms with Gasteiger partial charge in [-0.15, -0.1) is 0 Å². The van der Waals surface area contributed by atoms with Crippen LogP contribution in [-0.4, -0.2) is 15.1 Å². The lowest BCUT2D eigenvalue weighted by molar-refractivity contribution is 0.204. The smallest absolute Gasteiger partial charge is 0.165 e. The maximum atomic E-state index is 13.3. The molecule has 0 aliphatic heterocycles. The number of aliphatic hydroxyl groups excluding tert-OH is 1. The van der Waals surface area contributed by atoms with Crippen molar-refractivity contribution >= 4 is 0 Å². The molecular formula is C10H8F2N2O. The molecule has 1 aromatic carbocycles. The average molecular weight is 210 g/mol. The standard InChI is InChI=1S/C10H8F2N2O/c11-7-3-1-2-6(8(7)12)9(15)10-13-4-5-14-10/h1-5,9,15H,(H,13,14). The van der Waals surface area contributed by atoms with Crippen LogP contribution in [0.3, 0.4) is 0 Å². The first-order chi connectivity index (χ1) is 7.20. The molecule has 0 radical (unpaired) electrons. The van der Waals surface area contributed by atoms with Gasteiger partial charge in [0.05, 0.1) is 0 Å². The molecule has 78 valence electrons. The van der Waals surface area contributed by atoms with Gasteiger partial charge in [0.2, 0.25) is 0 Å². The summed E-state index contributed by atoms with van der Waals surface area (Å²) in [5, 5.41) is 9.69. The Morgan fingerprint density at radius 2 is 2.13 bits per heavy atom. The molecule has 2 rings (SSSR count). The molecular weight excluding hydrogens is 202 g/mol. The molecule has 2 N–H and O–H groups in total. The number of benzene rings is 1. The maximum Gasteiger partial charge on any atom is 0.165 e. The van der Waals surface area contributed by atoms with Crippen LogP contribution in [0.25, 0.3) is 0 Å². The molecule has 5 heteroatoms. The van der Waals surface area contributed by atoms with Gasteiger partial charge < -0.3 is 10.1 Å². The lowest BCUT2D eigenvalue weighted by atomic mass is 10.1. The summed E-state index contributed by atoms with van der Waals surface area (Å²) >= 11 is 0. The number of aromatic amines is 1. The minimum Gasteiger partial charge on any atom is -0.380 e. The predicted octanol–water partition coefficient (Wildman–Crippen LogP) is 1.77. The second-order valence-electron chi connectivity index (χ2n) is 3.02. The van der Waals surface area contributed by atoms with Crippen molar-refractivity contribution < 1.29 is 13.9 Å². The van der Waals surface area contributed by atoms with Crippen LogP contribution in [0.4, 0.5) is 8.78 Å². The molecule has 0 aliphatic rings. The van der Waals surface area contributed by atoms with Gasteiger partial charge in [0.1, 0.15) is 11.9 Å². The van der Waals surface area contributed by atoms with Crippen LogP contribution < -0.4 is 0 Å². The molecule has 3 nitrogen and oxygen atoms in total. The van der Waals surface area contributed by atoms with Crippen molar-refractivity contribution in [2.45, 2.75) is 6.10 Å². The molecule has 2 aromatic rings. The average Bonchev–Trinajstić information content (AvgIpc) is 2.74. The van der Waals surface area contributed by atoms with E-state index in [9.17, 15) is 13.9 Å². The third-order valence-electron chi connectivity index (χ3n) is 2.05. The van der Waals surface area contributed by atoms with E-state index in [0.29, 0.717) is 0 Å². The first kappa shape index (κ1) is 9.79. The number of H-pyrrole nitrogens is 1. The van der Waals surface area contributed by atoms with Gasteiger partial charge in [0, 0.05) is 18.0 Å². The van der Waals surface area contributed by atoms with Gasteiger partial charge in [0.15, 0.2) is 11.6 Å². The quantitative estimate of drug-likeness (QED) is 0.793. The summed E-state index contributed by atoms with van der Waals surface area (Å²) in [5.41, 5.74) is -0.134. The summed E-state index contributed by atoms with van der Waals surface area (Å²) in [6, 6.07) is 3.64. The second-order valence-corrected chi connectivity index (χ2v) is 3.02. The molecule has 0 amide bonds. The Kier molecular flexibility index (Phi) is 2.47. The number of rotatable bonds is 2. The zero-order valence-corrected chi connectivity index (χ0v) is 7.61. The van der Waals surface area contributed by atoms with E-state index in [-0.39, 0.29) is 11.4 Å². The lowest BCUT2D eigenvalue weighted by Crippen LogP contribution is -2.05. The predicted molar refractivity (Wildman–Crippen MR) is 49.0 cm³/mol. The highest BCUT2D eigenvalue weighted by atomic mass is 19.2. The summed E-state index contributed by atoms with van der Waals surface area (Å²) in [4.78, 5) is 6.40. The zero-order chi connectivity index (χ0) is 10.8. The second kappa shape index (κ2) is 3.78. The van der Waals surface area contributed by atoms with Crippen LogP contribution in [0.2, 0.25) is 0 Å². The van der Waals surface area contributed by atoms with Crippen molar-refractivity contribution in [2.24, 2.45) is 0 Å². The van der Waals surface area contributed by atoms with Gasteiger partial charge in [-0.05, 0) is 6.07 Å². The van der Waals surface area contributed by atoms with Crippen LogP contribution in [0.1, 0.15) is 17.5 Å². The minimum absolute atomic E-state index is 0.134. The SMILES string of the molecule is OC(c1ncc[nH]1)c1cccc(F)c1F. The van der Waals surface area contributed by atoms with Gasteiger partial charge in [-0.2, -0.15) is 0 Å². The van der Waals surface area contributed by atoms with Gasteiger partial charge in [0.25, 0.3) is 0 Å². The van der Waals surface area contributed by atoms with Crippen molar-refractivity contribution in [3.8, 4) is 0 Å². The van der Waals surface area contributed by atoms with Gasteiger partial charge in [-0.25, -0.2) is 13.8 Å². The number of halogens is 2. The fourth-order valence-corrected chi connectivity index (χ4v) is 1.31. The molecule has 1 aromatic heterocycles. The first-order valence-corrected chi connectivity index (χ1v) is 4.31. The van der Waals surface area contributed by atoms with Gasteiger partial charge in [-0.1, -0.05) is 12.1 Å². The number of imidazole rings is 1. The molecule has 1 atom stereocenters. The Labute approximate surface area is 84.4 Å². The van der Waals surface area contributed by atoms with E-state index in [1.165, 1.54) is 24.5 Å². The van der Waals surface area contributed by atoms with E-state index < -0.39 is 17.7 Å². The summed E-state index contributed by atoms with van der Waals surface area (Å²) in [6.07, 6.45) is 1.64. The zero-order valence-electron chi connectivity index (χ0n) is 7.61. The van der Waals surface area contributed by atoms with E-state index in [4.69, 9.17) is 0 Å². The summed E-state index contributed by atoms with van der Waals surface area (Å²) in [5.74, 6) is -1.86. The normalized spacial score (nSPS) is 12.7. The highest BCUT2D eigenvalue weighted by molar-refractivity contribution is 5.25. The number of nitrogens with zero attached hydrogens (tertiary/aromatic N) is 1. The molecule has 0 saturated carbocycles. The molecule has 0 bridgehead atoms. The van der Waals surface area contributed by atoms with Crippen LogP contribution in [-0.2, 0) is 0 Å². The van der Waals surface area contributed by atoms with E-state index >= 15 is 0 Å². The Morgan fingerprint density at radius 3 is 2.80 bits per heavy atom. The highest BCUT2D eigenvalue weighted by Crippen LogP contribution is 2.22. The number of aliphatic hydroxyl groups is 1. The molecule has 0 saturated heterocycles. The van der Waals surface area contributed by atoms with Crippen molar-refractivity contribution in [3.63, 3.8) is 0 Å². The van der Waals surface area contributed by atoms with Gasteiger partial charge in [-0.3, -0.25) is 0 Å². The number of aromatic nitrogens is 2. The molecule has 1 unspecified atom stereocenters. The molecule has 15 heavy (non-hydrogen) atoms. The third-order valence-corrected chi connectivity index (χ3v) is 2.05. The van der Waals surface area contributed by atoms with E-state index in [2.05, 4.69) is 9.97 Å². The summed E-state index contributed by atoms with van der Waals surface area (Å²) < 4.78 is 26.1. The van der Waals surface area contributed by atoms with Crippen molar-refractivity contribution in [1.29, 1.82) is 0 Å². The van der Waals surface area contributed by atoms with E-state index in [0.717, 1.165) is 6.07 Å². The highest BCUT2D eigenvalue weighted by Gasteiger charge is 2.18. The summed E-state index contributed by atoms with van der Waals surface area (Å²) in [6.45, 7) is 0. The Bertz CT molecular complexity index is 456. The van der Waals surface area contributed by atoms with Crippen LogP contribution in [0, 0.1) is 11.6 Å². The van der Waals surface area contributed by atoms with Crippen molar-refractivity contribution in [1.82, 2.24) is 9.97 Å². The molecule has 0 spiro atoms. The maximum absolute atomic E-state index is 13.3. The van der Waals surface area contributed by atoms with E-state index in [1.807, 2.05) is 0 Å². The number of hydrogen-bond donors (Lipinski definition) is 2. The topological polar surface area (TPSA) is 48.9 Å². The first-order valence-electron chi connectivity index (χ1n) is 4.31. The Balaban J connectivity index is 2.42. The monoisotopic (exact) mass is 210 g/mol. The Morgan fingerprint density at radius 1 is 1.33 bits per heavy atom. The number of hydrogen-bond acceptors (Lipinski definition) is 2. The van der Waals surface area contributed by atoms with Crippen molar-refractivity contribution in [2.75, 3.05) is 0 Å². The van der Waals surface area contributed by atoms with E-state index in [1.54, 1.807) is 0 Å². The molecule has 0 fully saturated rings. The summed E-state index contributed by atoms with van der Waals surface area (Å²) in [7, 11) is 0. The molecule has 1 heterocycles. The third kappa shape index (κ3) is 1.73. The van der Waals surface area contributed by atoms with Crippen LogP contribution >= 0.6 is 0 Å². The molecule has 0 aliphatic carbocycles. The number of nitrogens with one attached hydrogen (secondary N) is 1. The Hall–Kier alpha value is -1.75. The van der Waals surface area contributed by atoms with Crippen LogP contribution in [0.5, 0.6) is 0 Å².